The van der Waals surface area contributed by atoms with Crippen molar-refractivity contribution in [2.45, 2.75) is 33.2 Å². The van der Waals surface area contributed by atoms with Gasteiger partial charge in [-0.05, 0) is 25.3 Å². The van der Waals surface area contributed by atoms with Gasteiger partial charge in [-0.15, -0.1) is 0 Å². The molecule has 1 heterocycles. The molecule has 6 nitrogen and oxygen atoms in total. The third-order valence-corrected chi connectivity index (χ3v) is 3.39. The molecule has 6 heteroatoms. The maximum Gasteiger partial charge on any atom is 0.246 e. The van der Waals surface area contributed by atoms with Gasteiger partial charge in [0.05, 0.1) is 6.54 Å². The summed E-state index contributed by atoms with van der Waals surface area (Å²) in [5, 5.41) is 10.2. The number of aromatic nitrogens is 2. The van der Waals surface area contributed by atoms with E-state index in [4.69, 9.17) is 4.52 Å². The predicted molar refractivity (Wildman–Crippen MR) is 86.8 cm³/mol. The highest BCUT2D eigenvalue weighted by molar-refractivity contribution is 5.79. The summed E-state index contributed by atoms with van der Waals surface area (Å²) in [5.41, 5.74) is 2.59. The van der Waals surface area contributed by atoms with Gasteiger partial charge < -0.3 is 15.2 Å². The molecule has 2 N–H and O–H groups in total. The highest BCUT2D eigenvalue weighted by Gasteiger charge is 2.08. The summed E-state index contributed by atoms with van der Waals surface area (Å²) >= 11 is 0. The van der Waals surface area contributed by atoms with Crippen molar-refractivity contribution in [3.8, 4) is 0 Å². The van der Waals surface area contributed by atoms with Crippen LogP contribution in [0.2, 0.25) is 0 Å². The van der Waals surface area contributed by atoms with Crippen LogP contribution in [0, 0.1) is 13.8 Å². The molecule has 0 amide bonds. The van der Waals surface area contributed by atoms with Gasteiger partial charge in [0.25, 0.3) is 0 Å². The molecular formula is C16H23N5O. The highest BCUT2D eigenvalue weighted by atomic mass is 16.5. The molecule has 0 fully saturated rings. The van der Waals surface area contributed by atoms with E-state index in [2.05, 4.69) is 63.9 Å². The summed E-state index contributed by atoms with van der Waals surface area (Å²) < 4.78 is 5.06. The van der Waals surface area contributed by atoms with Crippen LogP contribution in [0.5, 0.6) is 0 Å². The Labute approximate surface area is 131 Å². The Morgan fingerprint density at radius 3 is 2.77 bits per heavy atom. The number of rotatable bonds is 5. The van der Waals surface area contributed by atoms with E-state index >= 15 is 0 Å². The molecule has 0 saturated carbocycles. The second-order valence-corrected chi connectivity index (χ2v) is 5.36. The predicted octanol–water partition coefficient (Wildman–Crippen LogP) is 2.16. The number of benzene rings is 1. The van der Waals surface area contributed by atoms with Gasteiger partial charge >= 0.3 is 0 Å². The number of guanidine groups is 1. The van der Waals surface area contributed by atoms with Crippen molar-refractivity contribution >= 4 is 5.96 Å². The lowest BCUT2D eigenvalue weighted by Gasteiger charge is -2.16. The van der Waals surface area contributed by atoms with E-state index in [1.165, 1.54) is 11.1 Å². The zero-order valence-electron chi connectivity index (χ0n) is 13.6. The SMILES string of the molecule is CN=C(NCc1nc(C)no1)NCC(C)c1cccc(C)c1. The van der Waals surface area contributed by atoms with Gasteiger partial charge in [0.1, 0.15) is 0 Å². The molecule has 0 bridgehead atoms. The first kappa shape index (κ1) is 16.0. The standard InChI is InChI=1S/C16H23N5O/c1-11-6-5-7-14(8-11)12(2)9-18-16(17-4)19-10-15-20-13(3)21-22-15/h5-8,12H,9-10H2,1-4H3,(H2,17,18,19). The Kier molecular flexibility index (Phi) is 5.52. The summed E-state index contributed by atoms with van der Waals surface area (Å²) in [7, 11) is 1.74. The smallest absolute Gasteiger partial charge is 0.246 e. The first-order chi connectivity index (χ1) is 10.6. The second-order valence-electron chi connectivity index (χ2n) is 5.36. The molecule has 0 aliphatic heterocycles. The van der Waals surface area contributed by atoms with E-state index in [-0.39, 0.29) is 0 Å². The molecular weight excluding hydrogens is 278 g/mol. The molecule has 0 aliphatic rings. The first-order valence-electron chi connectivity index (χ1n) is 7.38. The van der Waals surface area contributed by atoms with Crippen LogP contribution in [-0.4, -0.2) is 29.7 Å². The Morgan fingerprint density at radius 2 is 2.14 bits per heavy atom. The highest BCUT2D eigenvalue weighted by Crippen LogP contribution is 2.15. The molecule has 0 spiro atoms. The number of hydrogen-bond acceptors (Lipinski definition) is 4. The van der Waals surface area contributed by atoms with Gasteiger partial charge in [-0.2, -0.15) is 4.98 Å². The summed E-state index contributed by atoms with van der Waals surface area (Å²) in [6.07, 6.45) is 0. The van der Waals surface area contributed by atoms with Crippen molar-refractivity contribution in [1.29, 1.82) is 0 Å². The number of hydrogen-bond donors (Lipinski definition) is 2. The number of nitrogens with zero attached hydrogens (tertiary/aromatic N) is 3. The van der Waals surface area contributed by atoms with E-state index in [1.54, 1.807) is 14.0 Å². The normalized spacial score (nSPS) is 13.0. The summed E-state index contributed by atoms with van der Waals surface area (Å²) in [5.74, 6) is 2.29. The van der Waals surface area contributed by atoms with Crippen LogP contribution in [0.25, 0.3) is 0 Å². The van der Waals surface area contributed by atoms with Gasteiger partial charge in [-0.25, -0.2) is 0 Å². The van der Waals surface area contributed by atoms with Gasteiger partial charge in [-0.3, -0.25) is 4.99 Å². The fraction of sp³-hybridized carbons (Fsp3) is 0.438. The topological polar surface area (TPSA) is 75.3 Å². The minimum absolute atomic E-state index is 0.393. The lowest BCUT2D eigenvalue weighted by atomic mass is 9.99. The van der Waals surface area contributed by atoms with E-state index in [0.717, 1.165) is 12.5 Å². The van der Waals surface area contributed by atoms with Gasteiger partial charge in [-0.1, -0.05) is 41.9 Å². The van der Waals surface area contributed by atoms with Crippen molar-refractivity contribution in [3.63, 3.8) is 0 Å². The van der Waals surface area contributed by atoms with Gasteiger partial charge in [0.15, 0.2) is 11.8 Å². The summed E-state index contributed by atoms with van der Waals surface area (Å²) in [6.45, 7) is 7.35. The number of aliphatic imine (C=N–C) groups is 1. The van der Waals surface area contributed by atoms with E-state index in [9.17, 15) is 0 Å². The first-order valence-corrected chi connectivity index (χ1v) is 7.38. The Morgan fingerprint density at radius 1 is 1.32 bits per heavy atom. The van der Waals surface area contributed by atoms with Crippen LogP contribution in [0.4, 0.5) is 0 Å². The molecule has 1 aromatic heterocycles. The third-order valence-electron chi connectivity index (χ3n) is 3.39. The maximum atomic E-state index is 5.06. The summed E-state index contributed by atoms with van der Waals surface area (Å²) in [4.78, 5) is 8.34. The zero-order valence-corrected chi connectivity index (χ0v) is 13.6. The van der Waals surface area contributed by atoms with Crippen molar-refractivity contribution in [1.82, 2.24) is 20.8 Å². The average molecular weight is 301 g/mol. The van der Waals surface area contributed by atoms with Crippen molar-refractivity contribution in [2.24, 2.45) is 4.99 Å². The van der Waals surface area contributed by atoms with Gasteiger partial charge in [0, 0.05) is 13.6 Å². The quantitative estimate of drug-likeness (QED) is 0.654. The minimum atomic E-state index is 0.393. The average Bonchev–Trinajstić information content (AvgIpc) is 2.92. The molecule has 1 unspecified atom stereocenters. The number of aryl methyl sites for hydroxylation is 2. The Bertz CT molecular complexity index is 635. The van der Waals surface area contributed by atoms with E-state index in [0.29, 0.717) is 24.2 Å². The van der Waals surface area contributed by atoms with Crippen LogP contribution in [0.3, 0.4) is 0 Å². The van der Waals surface area contributed by atoms with Crippen LogP contribution in [0.1, 0.15) is 35.7 Å². The lowest BCUT2D eigenvalue weighted by molar-refractivity contribution is 0.371. The van der Waals surface area contributed by atoms with Crippen molar-refractivity contribution < 1.29 is 4.52 Å². The monoisotopic (exact) mass is 301 g/mol. The van der Waals surface area contributed by atoms with Crippen LogP contribution < -0.4 is 10.6 Å². The minimum Gasteiger partial charge on any atom is -0.356 e. The molecule has 0 aliphatic carbocycles. The molecule has 22 heavy (non-hydrogen) atoms. The molecule has 2 aromatic rings. The molecule has 1 aromatic carbocycles. The van der Waals surface area contributed by atoms with E-state index < -0.39 is 0 Å². The third kappa shape index (κ3) is 4.58. The number of nitrogens with one attached hydrogen (secondary N) is 2. The molecule has 1 atom stereocenters. The lowest BCUT2D eigenvalue weighted by Crippen LogP contribution is -2.38. The van der Waals surface area contributed by atoms with Crippen molar-refractivity contribution in [2.75, 3.05) is 13.6 Å². The largest absolute Gasteiger partial charge is 0.356 e. The fourth-order valence-corrected chi connectivity index (χ4v) is 2.14. The summed E-state index contributed by atoms with van der Waals surface area (Å²) in [6, 6.07) is 8.56. The molecule has 118 valence electrons. The van der Waals surface area contributed by atoms with Crippen LogP contribution in [0.15, 0.2) is 33.8 Å². The Hall–Kier alpha value is -2.37. The van der Waals surface area contributed by atoms with Gasteiger partial charge in [0.2, 0.25) is 5.89 Å². The molecule has 0 saturated heterocycles. The van der Waals surface area contributed by atoms with E-state index in [1.807, 2.05) is 0 Å². The van der Waals surface area contributed by atoms with Crippen LogP contribution >= 0.6 is 0 Å². The van der Waals surface area contributed by atoms with Crippen molar-refractivity contribution in [3.05, 3.63) is 47.1 Å². The maximum absolute atomic E-state index is 5.06. The molecule has 2 rings (SSSR count). The molecule has 0 radical (unpaired) electrons. The van der Waals surface area contributed by atoms with Crippen LogP contribution in [-0.2, 0) is 6.54 Å². The second kappa shape index (κ2) is 7.59. The fourth-order valence-electron chi connectivity index (χ4n) is 2.14. The Balaban J connectivity index is 1.83. The zero-order chi connectivity index (χ0) is 15.9.